The molecule has 1 aliphatic carbocycles. The third-order valence-electron chi connectivity index (χ3n) is 4.80. The van der Waals surface area contributed by atoms with Crippen LogP contribution in [0.15, 0.2) is 12.2 Å². The van der Waals surface area contributed by atoms with Gasteiger partial charge in [-0.15, -0.1) is 0 Å². The van der Waals surface area contributed by atoms with E-state index in [4.69, 9.17) is 16.0 Å². The van der Waals surface area contributed by atoms with Gasteiger partial charge in [0.05, 0.1) is 0 Å². The number of hydrogen-bond donors (Lipinski definition) is 0. The van der Waals surface area contributed by atoms with E-state index >= 15 is 0 Å². The first-order valence-corrected chi connectivity index (χ1v) is 9.59. The Labute approximate surface area is 147 Å². The van der Waals surface area contributed by atoms with E-state index in [1.165, 1.54) is 25.7 Å². The Morgan fingerprint density at radius 1 is 1.33 bits per heavy atom. The fraction of sp³-hybridized carbons (Fsp3) is 0.762. The van der Waals surface area contributed by atoms with Gasteiger partial charge in [0, 0.05) is 12.5 Å². The highest BCUT2D eigenvalue weighted by Crippen LogP contribution is 2.41. The van der Waals surface area contributed by atoms with Crippen LogP contribution in [-0.2, 0) is 9.47 Å². The predicted molar refractivity (Wildman–Crippen MR) is 97.2 cm³/mol. The minimum atomic E-state index is -0.0653. The average Bonchev–Trinajstić information content (AvgIpc) is 3.34. The molecule has 0 aromatic carbocycles. The molecule has 1 saturated heterocycles. The van der Waals surface area contributed by atoms with Gasteiger partial charge < -0.3 is 14.3 Å². The summed E-state index contributed by atoms with van der Waals surface area (Å²) in [6, 6.07) is 0. The number of hydrogen-bond acceptors (Lipinski definition) is 2. The van der Waals surface area contributed by atoms with E-state index in [0.29, 0.717) is 18.4 Å². The quantitative estimate of drug-likeness (QED) is 0.338. The molecule has 0 aromatic heterocycles. The van der Waals surface area contributed by atoms with Crippen molar-refractivity contribution in [1.29, 1.82) is 0 Å². The summed E-state index contributed by atoms with van der Waals surface area (Å²) in [6.07, 6.45) is 14.2. The first kappa shape index (κ1) is 19.0. The zero-order chi connectivity index (χ0) is 17.0. The maximum absolute atomic E-state index is 6.89. The zero-order valence-electron chi connectivity index (χ0n) is 15.0. The van der Waals surface area contributed by atoms with Crippen molar-refractivity contribution in [3.05, 3.63) is 23.6 Å². The molecular weight excluding hydrogens is 298 g/mol. The molecule has 24 heavy (non-hydrogen) atoms. The number of nitrogens with zero attached hydrogens (tertiary/aromatic N) is 1. The lowest BCUT2D eigenvalue weighted by Gasteiger charge is -2.25. The van der Waals surface area contributed by atoms with Crippen molar-refractivity contribution in [2.75, 3.05) is 13.2 Å². The van der Waals surface area contributed by atoms with Gasteiger partial charge in [-0.25, -0.2) is 6.57 Å². The van der Waals surface area contributed by atoms with Crippen LogP contribution in [0.3, 0.4) is 0 Å². The molecule has 132 valence electrons. The van der Waals surface area contributed by atoms with E-state index in [0.717, 1.165) is 38.7 Å². The van der Waals surface area contributed by atoms with Crippen molar-refractivity contribution in [2.24, 2.45) is 11.8 Å². The second-order valence-corrected chi connectivity index (χ2v) is 6.94. The Hall–Kier alpha value is -1.29. The summed E-state index contributed by atoms with van der Waals surface area (Å²) in [7, 11) is 0. The van der Waals surface area contributed by atoms with Gasteiger partial charge in [-0.2, -0.15) is 0 Å². The Bertz CT molecular complexity index is 476. The van der Waals surface area contributed by atoms with E-state index < -0.39 is 0 Å². The maximum atomic E-state index is 6.89. The Balaban J connectivity index is 1.73. The molecule has 0 aromatic rings. The van der Waals surface area contributed by atoms with Crippen molar-refractivity contribution in [1.82, 2.24) is 0 Å². The summed E-state index contributed by atoms with van der Waals surface area (Å²) < 4.78 is 11.7. The largest absolute Gasteiger partial charge is 0.353 e. The third-order valence-corrected chi connectivity index (χ3v) is 4.80. The molecule has 1 saturated carbocycles. The summed E-state index contributed by atoms with van der Waals surface area (Å²) in [5.74, 6) is 7.77. The first-order chi connectivity index (χ1) is 11.8. The Morgan fingerprint density at radius 2 is 2.25 bits per heavy atom. The van der Waals surface area contributed by atoms with Crippen molar-refractivity contribution < 1.29 is 9.47 Å². The summed E-state index contributed by atoms with van der Waals surface area (Å²) in [5, 5.41) is 0. The van der Waals surface area contributed by atoms with E-state index in [2.05, 4.69) is 29.7 Å². The van der Waals surface area contributed by atoms with E-state index in [1.807, 2.05) is 6.08 Å². The molecule has 3 nitrogen and oxygen atoms in total. The van der Waals surface area contributed by atoms with Gasteiger partial charge in [0.25, 0.3) is 0 Å². The molecule has 2 rings (SSSR count). The molecule has 2 fully saturated rings. The molecule has 0 radical (unpaired) electrons. The second-order valence-electron chi connectivity index (χ2n) is 6.94. The molecular formula is C21H31NO2. The molecule has 2 unspecified atom stereocenters. The van der Waals surface area contributed by atoms with E-state index in [-0.39, 0.29) is 12.4 Å². The van der Waals surface area contributed by atoms with Crippen LogP contribution in [0.1, 0.15) is 64.7 Å². The lowest BCUT2D eigenvalue weighted by molar-refractivity contribution is -0.177. The van der Waals surface area contributed by atoms with Crippen molar-refractivity contribution >= 4 is 0 Å². The SMILES string of the molecule is [C-]#[N+]C[C@@H]1C[C@@H]1C/C=C\C#CC(CCCCC)OC1CCCCO1. The normalized spacial score (nSPS) is 27.2. The minimum absolute atomic E-state index is 0.0138. The summed E-state index contributed by atoms with van der Waals surface area (Å²) in [6.45, 7) is 10.6. The molecule has 0 spiro atoms. The van der Waals surface area contributed by atoms with Crippen LogP contribution in [-0.4, -0.2) is 25.5 Å². The number of rotatable bonds is 9. The summed E-state index contributed by atoms with van der Waals surface area (Å²) >= 11 is 0. The van der Waals surface area contributed by atoms with Crippen molar-refractivity contribution in [2.45, 2.75) is 77.1 Å². The number of allylic oxidation sites excluding steroid dienone is 2. The third kappa shape index (κ3) is 7.52. The van der Waals surface area contributed by atoms with Crippen LogP contribution in [0, 0.1) is 30.2 Å². The fourth-order valence-electron chi connectivity index (χ4n) is 3.14. The fourth-order valence-corrected chi connectivity index (χ4v) is 3.14. The van der Waals surface area contributed by atoms with Gasteiger partial charge in [-0.3, -0.25) is 0 Å². The van der Waals surface area contributed by atoms with Crippen LogP contribution in [0.2, 0.25) is 0 Å². The summed E-state index contributed by atoms with van der Waals surface area (Å²) in [5.41, 5.74) is 0. The number of unbranched alkanes of at least 4 members (excludes halogenated alkanes) is 2. The molecule has 1 aliphatic heterocycles. The molecule has 4 atom stereocenters. The smallest absolute Gasteiger partial charge is 0.217 e. The second kappa shape index (κ2) is 11.3. The lowest BCUT2D eigenvalue weighted by atomic mass is 10.1. The highest BCUT2D eigenvalue weighted by atomic mass is 16.7. The van der Waals surface area contributed by atoms with Crippen LogP contribution in [0.5, 0.6) is 0 Å². The van der Waals surface area contributed by atoms with Gasteiger partial charge in [0.1, 0.15) is 6.10 Å². The monoisotopic (exact) mass is 329 g/mol. The zero-order valence-corrected chi connectivity index (χ0v) is 15.0. The van der Waals surface area contributed by atoms with Gasteiger partial charge in [0.15, 0.2) is 6.29 Å². The maximum Gasteiger partial charge on any atom is 0.217 e. The molecule has 1 heterocycles. The van der Waals surface area contributed by atoms with Gasteiger partial charge in [0.2, 0.25) is 6.54 Å². The Morgan fingerprint density at radius 3 is 3.00 bits per heavy atom. The van der Waals surface area contributed by atoms with Crippen molar-refractivity contribution in [3.63, 3.8) is 0 Å². The van der Waals surface area contributed by atoms with Gasteiger partial charge >= 0.3 is 0 Å². The van der Waals surface area contributed by atoms with Crippen LogP contribution < -0.4 is 0 Å². The molecule has 0 N–H and O–H groups in total. The van der Waals surface area contributed by atoms with E-state index in [1.54, 1.807) is 0 Å². The molecule has 3 heteroatoms. The lowest BCUT2D eigenvalue weighted by Crippen LogP contribution is -2.27. The molecule has 0 amide bonds. The molecule has 2 aliphatic rings. The standard InChI is InChI=1S/C21H31NO2/c1-3-4-6-12-20(24-21-14-9-10-15-23-21)13-8-5-7-11-18-16-19(18)17-22-2/h5,7,18-21H,3-4,6,9-12,14-17H2,1H3/b7-5-/t18-,19-,20?,21?/m0/s1. The minimum Gasteiger partial charge on any atom is -0.353 e. The topological polar surface area (TPSA) is 22.8 Å². The predicted octanol–water partition coefficient (Wildman–Crippen LogP) is 4.98. The first-order valence-electron chi connectivity index (χ1n) is 9.59. The number of ether oxygens (including phenoxy) is 2. The van der Waals surface area contributed by atoms with Crippen LogP contribution in [0.4, 0.5) is 0 Å². The summed E-state index contributed by atoms with van der Waals surface area (Å²) in [4.78, 5) is 3.48. The van der Waals surface area contributed by atoms with E-state index in [9.17, 15) is 0 Å². The van der Waals surface area contributed by atoms with Gasteiger partial charge in [-0.1, -0.05) is 37.7 Å². The molecule has 0 bridgehead atoms. The highest BCUT2D eigenvalue weighted by molar-refractivity contribution is 5.18. The highest BCUT2D eigenvalue weighted by Gasteiger charge is 2.38. The van der Waals surface area contributed by atoms with Crippen LogP contribution >= 0.6 is 0 Å². The van der Waals surface area contributed by atoms with Crippen molar-refractivity contribution in [3.8, 4) is 11.8 Å². The Kier molecular flexibility index (Phi) is 8.96. The van der Waals surface area contributed by atoms with Crippen LogP contribution in [0.25, 0.3) is 4.85 Å². The average molecular weight is 329 g/mol. The van der Waals surface area contributed by atoms with Gasteiger partial charge in [-0.05, 0) is 56.9 Å².